The van der Waals surface area contributed by atoms with Gasteiger partial charge in [-0.2, -0.15) is 10.1 Å². The van der Waals surface area contributed by atoms with Crippen molar-refractivity contribution in [2.75, 3.05) is 38.1 Å². The molecule has 2 saturated heterocycles. The van der Waals surface area contributed by atoms with Crippen LogP contribution in [0.4, 0.5) is 5.95 Å². The molecule has 4 heterocycles. The Morgan fingerprint density at radius 3 is 2.91 bits per heavy atom. The third-order valence-corrected chi connectivity index (χ3v) is 5.99. The molecule has 0 aliphatic carbocycles. The molecule has 2 aromatic rings. The highest BCUT2D eigenvalue weighted by Crippen LogP contribution is 2.43. The zero-order chi connectivity index (χ0) is 16.0. The van der Waals surface area contributed by atoms with Crippen LogP contribution in [0.15, 0.2) is 6.20 Å². The van der Waals surface area contributed by atoms with Gasteiger partial charge in [0.1, 0.15) is 0 Å². The average Bonchev–Trinajstić information content (AvgIpc) is 2.99. The molecular formula is C17H26N6. The minimum absolute atomic E-state index is 0.483. The number of aromatic nitrogens is 4. The number of aryl methyl sites for hydroxylation is 1. The van der Waals surface area contributed by atoms with Gasteiger partial charge in [0.2, 0.25) is 5.95 Å². The fourth-order valence-electron chi connectivity index (χ4n) is 4.51. The van der Waals surface area contributed by atoms with E-state index in [9.17, 15) is 0 Å². The molecule has 2 aliphatic heterocycles. The number of likely N-dealkylation sites (tertiary alicyclic amines) is 1. The zero-order valence-corrected chi connectivity index (χ0v) is 14.3. The van der Waals surface area contributed by atoms with Gasteiger partial charge in [-0.3, -0.25) is 5.10 Å². The molecule has 6 nitrogen and oxygen atoms in total. The van der Waals surface area contributed by atoms with Crippen molar-refractivity contribution >= 4 is 17.0 Å². The number of fused-ring (bicyclic) bond motifs is 1. The maximum absolute atomic E-state index is 4.72. The Labute approximate surface area is 137 Å². The van der Waals surface area contributed by atoms with E-state index < -0.39 is 0 Å². The van der Waals surface area contributed by atoms with Crippen LogP contribution in [0.25, 0.3) is 11.0 Å². The van der Waals surface area contributed by atoms with E-state index in [1.165, 1.54) is 32.4 Å². The van der Waals surface area contributed by atoms with Gasteiger partial charge < -0.3 is 9.80 Å². The van der Waals surface area contributed by atoms with Gasteiger partial charge in [-0.25, -0.2) is 4.98 Å². The Bertz CT molecular complexity index is 710. The quantitative estimate of drug-likeness (QED) is 0.874. The lowest BCUT2D eigenvalue weighted by molar-refractivity contribution is 0.0366. The second-order valence-corrected chi connectivity index (χ2v) is 7.54. The summed E-state index contributed by atoms with van der Waals surface area (Å²) in [5.41, 5.74) is 2.33. The van der Waals surface area contributed by atoms with Gasteiger partial charge >= 0.3 is 0 Å². The summed E-state index contributed by atoms with van der Waals surface area (Å²) >= 11 is 0. The molecule has 4 rings (SSSR count). The van der Waals surface area contributed by atoms with Crippen LogP contribution in [0.3, 0.4) is 0 Å². The molecule has 0 aromatic carbocycles. The summed E-state index contributed by atoms with van der Waals surface area (Å²) in [6.07, 6.45) is 5.74. The summed E-state index contributed by atoms with van der Waals surface area (Å²) in [6.45, 7) is 9.03. The number of anilines is 1. The molecule has 2 fully saturated rings. The normalized spacial score (nSPS) is 29.5. The summed E-state index contributed by atoms with van der Waals surface area (Å²) in [4.78, 5) is 14.3. The van der Waals surface area contributed by atoms with Crippen LogP contribution < -0.4 is 4.90 Å². The van der Waals surface area contributed by atoms with Crippen molar-refractivity contribution in [3.8, 4) is 0 Å². The highest BCUT2D eigenvalue weighted by atomic mass is 15.3. The Hall–Kier alpha value is -1.69. The first-order valence-corrected chi connectivity index (χ1v) is 8.69. The molecule has 2 aromatic heterocycles. The summed E-state index contributed by atoms with van der Waals surface area (Å²) in [5.74, 6) is 1.52. The fraction of sp³-hybridized carbons (Fsp3) is 0.706. The van der Waals surface area contributed by atoms with Gasteiger partial charge in [0.05, 0.1) is 17.3 Å². The number of hydrogen-bond acceptors (Lipinski definition) is 5. The Morgan fingerprint density at radius 2 is 2.13 bits per heavy atom. The lowest BCUT2D eigenvalue weighted by atomic mass is 9.66. The summed E-state index contributed by atoms with van der Waals surface area (Å²) in [5, 5.41) is 8.09. The highest BCUT2D eigenvalue weighted by molar-refractivity contribution is 5.77. The van der Waals surface area contributed by atoms with E-state index in [4.69, 9.17) is 4.98 Å². The van der Waals surface area contributed by atoms with Crippen LogP contribution in [0, 0.1) is 18.3 Å². The number of hydrogen-bond donors (Lipinski definition) is 1. The second-order valence-electron chi connectivity index (χ2n) is 7.54. The fourth-order valence-corrected chi connectivity index (χ4v) is 4.51. The van der Waals surface area contributed by atoms with E-state index in [2.05, 4.69) is 39.0 Å². The van der Waals surface area contributed by atoms with E-state index in [0.717, 1.165) is 35.8 Å². The minimum Gasteiger partial charge on any atom is -0.340 e. The van der Waals surface area contributed by atoms with Crippen LogP contribution in [-0.4, -0.2) is 58.3 Å². The SMILES string of the molecule is Cc1nc(N2CCC3(CCCN(C)C3)C(C)C2)nc2[nH]ncc12. The van der Waals surface area contributed by atoms with Crippen LogP contribution in [0.1, 0.15) is 31.9 Å². The molecule has 23 heavy (non-hydrogen) atoms. The standard InChI is InChI=1S/C17H26N6/c1-12-10-23(8-6-17(12)5-4-7-22(3)11-17)16-19-13(2)14-9-18-21-15(14)20-16/h9,12H,4-8,10-11H2,1-3H3,(H,18,19,20,21). The van der Waals surface area contributed by atoms with Crippen molar-refractivity contribution in [3.63, 3.8) is 0 Å². The van der Waals surface area contributed by atoms with Crippen molar-refractivity contribution in [2.24, 2.45) is 11.3 Å². The molecule has 0 bridgehead atoms. The van der Waals surface area contributed by atoms with Gasteiger partial charge in [0.25, 0.3) is 0 Å². The van der Waals surface area contributed by atoms with Crippen molar-refractivity contribution in [2.45, 2.75) is 33.1 Å². The zero-order valence-electron chi connectivity index (χ0n) is 14.3. The molecule has 0 radical (unpaired) electrons. The van der Waals surface area contributed by atoms with E-state index in [0.29, 0.717) is 11.3 Å². The predicted molar refractivity (Wildman–Crippen MR) is 91.6 cm³/mol. The molecule has 0 saturated carbocycles. The maximum atomic E-state index is 4.72. The van der Waals surface area contributed by atoms with Crippen LogP contribution in [0.2, 0.25) is 0 Å². The third kappa shape index (κ3) is 2.49. The number of aromatic amines is 1. The first-order chi connectivity index (χ1) is 11.1. The Kier molecular flexibility index (Phi) is 3.52. The van der Waals surface area contributed by atoms with Crippen LogP contribution in [0.5, 0.6) is 0 Å². The first-order valence-electron chi connectivity index (χ1n) is 8.69. The Morgan fingerprint density at radius 1 is 1.26 bits per heavy atom. The number of rotatable bonds is 1. The monoisotopic (exact) mass is 314 g/mol. The van der Waals surface area contributed by atoms with Crippen molar-refractivity contribution in [3.05, 3.63) is 11.9 Å². The molecule has 2 unspecified atom stereocenters. The predicted octanol–water partition coefficient (Wildman–Crippen LogP) is 2.22. The number of nitrogens with one attached hydrogen (secondary N) is 1. The van der Waals surface area contributed by atoms with Crippen LogP contribution in [-0.2, 0) is 0 Å². The molecule has 1 N–H and O–H groups in total. The van der Waals surface area contributed by atoms with Gasteiger partial charge in [0, 0.05) is 19.6 Å². The van der Waals surface area contributed by atoms with E-state index in [1.807, 2.05) is 6.92 Å². The summed E-state index contributed by atoms with van der Waals surface area (Å²) in [6, 6.07) is 0. The maximum Gasteiger partial charge on any atom is 0.227 e. The number of nitrogens with zero attached hydrogens (tertiary/aromatic N) is 5. The lowest BCUT2D eigenvalue weighted by Gasteiger charge is -2.51. The molecule has 2 aliphatic rings. The van der Waals surface area contributed by atoms with E-state index in [-0.39, 0.29) is 0 Å². The minimum atomic E-state index is 0.483. The van der Waals surface area contributed by atoms with E-state index >= 15 is 0 Å². The largest absolute Gasteiger partial charge is 0.340 e. The lowest BCUT2D eigenvalue weighted by Crippen LogP contribution is -2.53. The average molecular weight is 314 g/mol. The molecule has 2 atom stereocenters. The molecule has 124 valence electrons. The molecule has 0 amide bonds. The smallest absolute Gasteiger partial charge is 0.227 e. The topological polar surface area (TPSA) is 60.9 Å². The third-order valence-electron chi connectivity index (χ3n) is 5.99. The van der Waals surface area contributed by atoms with Crippen molar-refractivity contribution in [1.82, 2.24) is 25.1 Å². The Balaban J connectivity index is 1.57. The molecular weight excluding hydrogens is 288 g/mol. The van der Waals surface area contributed by atoms with Gasteiger partial charge in [-0.15, -0.1) is 0 Å². The van der Waals surface area contributed by atoms with Gasteiger partial charge in [-0.05, 0) is 51.1 Å². The second kappa shape index (κ2) is 5.44. The first kappa shape index (κ1) is 14.9. The van der Waals surface area contributed by atoms with Crippen molar-refractivity contribution < 1.29 is 0 Å². The number of H-pyrrole nitrogens is 1. The summed E-state index contributed by atoms with van der Waals surface area (Å²) < 4.78 is 0. The van der Waals surface area contributed by atoms with Gasteiger partial charge in [0.15, 0.2) is 5.65 Å². The van der Waals surface area contributed by atoms with Crippen molar-refractivity contribution in [1.29, 1.82) is 0 Å². The number of piperidine rings is 2. The van der Waals surface area contributed by atoms with E-state index in [1.54, 1.807) is 6.20 Å². The molecule has 6 heteroatoms. The summed E-state index contributed by atoms with van der Waals surface area (Å²) in [7, 11) is 2.26. The van der Waals surface area contributed by atoms with Crippen LogP contribution >= 0.6 is 0 Å². The highest BCUT2D eigenvalue weighted by Gasteiger charge is 2.43. The molecule has 1 spiro atoms. The van der Waals surface area contributed by atoms with Gasteiger partial charge in [-0.1, -0.05) is 6.92 Å².